The van der Waals surface area contributed by atoms with E-state index in [9.17, 15) is 9.18 Å². The average molecular weight is 500 g/mol. The number of halogens is 2. The van der Waals surface area contributed by atoms with Crippen molar-refractivity contribution in [1.82, 2.24) is 15.1 Å². The Labute approximate surface area is 210 Å². The van der Waals surface area contributed by atoms with E-state index in [2.05, 4.69) is 22.3 Å². The topological polar surface area (TPSA) is 81.0 Å². The van der Waals surface area contributed by atoms with Gasteiger partial charge in [-0.3, -0.25) is 4.79 Å². The van der Waals surface area contributed by atoms with Crippen molar-refractivity contribution >= 4 is 28.9 Å². The highest BCUT2D eigenvalue weighted by Crippen LogP contribution is 2.36. The Morgan fingerprint density at radius 3 is 2.63 bits per heavy atom. The van der Waals surface area contributed by atoms with E-state index in [0.29, 0.717) is 45.5 Å². The van der Waals surface area contributed by atoms with Gasteiger partial charge in [-0.05, 0) is 58.7 Å². The number of fused-ring (bicyclic) bond motifs is 2. The minimum absolute atomic E-state index is 0.0485. The lowest BCUT2D eigenvalue weighted by Crippen LogP contribution is -2.52. The number of benzene rings is 1. The van der Waals surface area contributed by atoms with Gasteiger partial charge in [-0.15, -0.1) is 0 Å². The van der Waals surface area contributed by atoms with Gasteiger partial charge in [0, 0.05) is 29.4 Å². The largest absolute Gasteiger partial charge is 0.489 e. The number of carbonyl (C=O) groups is 1. The van der Waals surface area contributed by atoms with Crippen LogP contribution in [-0.2, 0) is 0 Å². The van der Waals surface area contributed by atoms with Gasteiger partial charge in [-0.25, -0.2) is 9.38 Å². The average Bonchev–Trinajstić information content (AvgIpc) is 3.19. The number of hydrogen-bond donors (Lipinski definition) is 2. The van der Waals surface area contributed by atoms with Gasteiger partial charge in [0.2, 0.25) is 0 Å². The van der Waals surface area contributed by atoms with Crippen molar-refractivity contribution in [3.05, 3.63) is 51.7 Å². The predicted octanol–water partition coefficient (Wildman–Crippen LogP) is 4.44. The predicted molar refractivity (Wildman–Crippen MR) is 135 cm³/mol. The zero-order valence-corrected chi connectivity index (χ0v) is 21.1. The maximum absolute atomic E-state index is 14.2. The zero-order valence-electron chi connectivity index (χ0n) is 20.3. The molecule has 0 saturated carbocycles. The molecule has 4 aliphatic rings. The third kappa shape index (κ3) is 4.61. The van der Waals surface area contributed by atoms with Gasteiger partial charge in [-0.1, -0.05) is 18.0 Å². The molecule has 0 aromatic heterocycles. The first kappa shape index (κ1) is 24.0. The first-order valence-corrected chi connectivity index (χ1v) is 12.6. The molecule has 7 nitrogen and oxygen atoms in total. The van der Waals surface area contributed by atoms with Crippen LogP contribution in [0.4, 0.5) is 4.39 Å². The lowest BCUT2D eigenvalue weighted by atomic mass is 9.83. The highest BCUT2D eigenvalue weighted by Gasteiger charge is 2.38. The van der Waals surface area contributed by atoms with Gasteiger partial charge in [0.25, 0.3) is 5.91 Å². The lowest BCUT2D eigenvalue weighted by Gasteiger charge is -2.46. The van der Waals surface area contributed by atoms with Crippen molar-refractivity contribution in [1.29, 1.82) is 5.41 Å². The summed E-state index contributed by atoms with van der Waals surface area (Å²) in [5, 5.41) is 12.2. The Kier molecular flexibility index (Phi) is 6.44. The number of nitrogens with zero attached hydrogens (tertiary/aromatic N) is 3. The molecule has 2 N–H and O–H groups in total. The van der Waals surface area contributed by atoms with E-state index in [-0.39, 0.29) is 30.9 Å². The summed E-state index contributed by atoms with van der Waals surface area (Å²) in [6.45, 7) is 4.05. The SMILES string of the molecule is CC1=N/C(=C2\CN(C(=O)c3ccc(F)cc3O[C@H]3C[C@H]4CCC[C@@H](C3)N4C)CC2=N)NC(C)=C1Cl. The number of allylic oxidation sites excluding steroid dienone is 2. The number of hydrogen-bond acceptors (Lipinski definition) is 6. The summed E-state index contributed by atoms with van der Waals surface area (Å²) < 4.78 is 20.5. The van der Waals surface area contributed by atoms with E-state index in [1.165, 1.54) is 24.6 Å². The molecule has 3 saturated heterocycles. The molecular formula is C26H31ClFN5O2. The van der Waals surface area contributed by atoms with Crippen molar-refractivity contribution in [2.75, 3.05) is 20.1 Å². The van der Waals surface area contributed by atoms with E-state index in [1.54, 1.807) is 4.90 Å². The molecule has 1 aromatic rings. The molecule has 9 heteroatoms. The Bertz CT molecular complexity index is 1160. The quantitative estimate of drug-likeness (QED) is 0.644. The summed E-state index contributed by atoms with van der Waals surface area (Å²) in [4.78, 5) is 22.0. The first-order chi connectivity index (χ1) is 16.7. The maximum Gasteiger partial charge on any atom is 0.258 e. The van der Waals surface area contributed by atoms with Gasteiger partial charge >= 0.3 is 0 Å². The number of amides is 1. The fourth-order valence-electron chi connectivity index (χ4n) is 5.66. The molecule has 3 atom stereocenters. The van der Waals surface area contributed by atoms with E-state index in [4.69, 9.17) is 21.7 Å². The van der Waals surface area contributed by atoms with E-state index >= 15 is 0 Å². The van der Waals surface area contributed by atoms with Crippen molar-refractivity contribution in [3.63, 3.8) is 0 Å². The van der Waals surface area contributed by atoms with E-state index in [1.807, 2.05) is 13.8 Å². The zero-order chi connectivity index (χ0) is 24.9. The van der Waals surface area contributed by atoms with Gasteiger partial charge in [-0.2, -0.15) is 0 Å². The maximum atomic E-state index is 14.2. The van der Waals surface area contributed by atoms with Crippen LogP contribution in [0.2, 0.25) is 0 Å². The van der Waals surface area contributed by atoms with Crippen LogP contribution in [0, 0.1) is 11.2 Å². The van der Waals surface area contributed by atoms with Crippen molar-refractivity contribution in [3.8, 4) is 5.75 Å². The standard InChI is InChI=1S/C26H31ClFN5O2/c1-14-24(27)15(2)31-25(30-14)21-12-33(13-22(21)29)26(34)20-8-7-16(28)9-23(20)35-19-10-17-5-4-6-18(11-19)32(17)3/h7-9,17-19,29-30H,4-6,10-13H2,1-3H3/b25-21+,29-22?/t17-,18+,19+. The monoisotopic (exact) mass is 499 g/mol. The van der Waals surface area contributed by atoms with Gasteiger partial charge in [0.1, 0.15) is 23.5 Å². The molecule has 3 fully saturated rings. The van der Waals surface area contributed by atoms with E-state index in [0.717, 1.165) is 31.4 Å². The number of piperidine rings is 2. The third-order valence-corrected chi connectivity index (χ3v) is 8.19. The number of nitrogens with one attached hydrogen (secondary N) is 2. The molecule has 35 heavy (non-hydrogen) atoms. The lowest BCUT2D eigenvalue weighted by molar-refractivity contribution is -0.000291. The molecule has 0 radical (unpaired) electrons. The highest BCUT2D eigenvalue weighted by molar-refractivity contribution is 6.43. The first-order valence-electron chi connectivity index (χ1n) is 12.2. The Balaban J connectivity index is 1.36. The minimum Gasteiger partial charge on any atom is -0.489 e. The number of carbonyl (C=O) groups excluding carboxylic acids is 1. The molecule has 0 spiro atoms. The Morgan fingerprint density at radius 2 is 1.94 bits per heavy atom. The van der Waals surface area contributed by atoms with Crippen molar-refractivity contribution in [2.24, 2.45) is 4.99 Å². The number of ether oxygens (including phenoxy) is 1. The number of likely N-dealkylation sites (tertiary alicyclic amines) is 1. The Hall–Kier alpha value is -2.71. The third-order valence-electron chi connectivity index (χ3n) is 7.63. The second kappa shape index (κ2) is 9.39. The molecule has 4 heterocycles. The molecule has 0 aliphatic carbocycles. The number of aliphatic imine (C=N–C) groups is 1. The Morgan fingerprint density at radius 1 is 1.23 bits per heavy atom. The minimum atomic E-state index is -0.433. The second-order valence-corrected chi connectivity index (χ2v) is 10.4. The van der Waals surface area contributed by atoms with Crippen LogP contribution < -0.4 is 10.1 Å². The fourth-order valence-corrected chi connectivity index (χ4v) is 5.75. The summed E-state index contributed by atoms with van der Waals surface area (Å²) in [6, 6.07) is 5.02. The van der Waals surface area contributed by atoms with Gasteiger partial charge in [0.15, 0.2) is 0 Å². The summed E-state index contributed by atoms with van der Waals surface area (Å²) in [5.41, 5.74) is 2.71. The van der Waals surface area contributed by atoms with Crippen LogP contribution >= 0.6 is 11.6 Å². The van der Waals surface area contributed by atoms with Crippen molar-refractivity contribution in [2.45, 2.75) is 64.1 Å². The highest BCUT2D eigenvalue weighted by atomic mass is 35.5. The molecular weight excluding hydrogens is 469 g/mol. The number of rotatable bonds is 3. The van der Waals surface area contributed by atoms with Crippen LogP contribution in [0.3, 0.4) is 0 Å². The van der Waals surface area contributed by atoms with Crippen LogP contribution in [0.1, 0.15) is 56.3 Å². The summed E-state index contributed by atoms with van der Waals surface area (Å²) >= 11 is 6.23. The normalized spacial score (nSPS) is 29.3. The molecule has 0 unspecified atom stereocenters. The van der Waals surface area contributed by atoms with Crippen molar-refractivity contribution < 1.29 is 13.9 Å². The van der Waals surface area contributed by atoms with Crippen LogP contribution in [0.15, 0.2) is 45.3 Å². The molecule has 2 bridgehead atoms. The van der Waals surface area contributed by atoms with Gasteiger partial charge < -0.3 is 25.3 Å². The van der Waals surface area contributed by atoms with Crippen LogP contribution in [-0.4, -0.2) is 65.5 Å². The fraction of sp³-hybridized carbons (Fsp3) is 0.500. The molecule has 1 aromatic carbocycles. The van der Waals surface area contributed by atoms with E-state index < -0.39 is 5.82 Å². The van der Waals surface area contributed by atoms with Crippen LogP contribution in [0.5, 0.6) is 5.75 Å². The molecule has 5 rings (SSSR count). The molecule has 1 amide bonds. The second-order valence-electron chi connectivity index (χ2n) is 9.98. The van der Waals surface area contributed by atoms with Crippen LogP contribution in [0.25, 0.3) is 0 Å². The molecule has 186 valence electrons. The molecule has 4 aliphatic heterocycles. The van der Waals surface area contributed by atoms with Gasteiger partial charge in [0.05, 0.1) is 35.1 Å². The smallest absolute Gasteiger partial charge is 0.258 e. The summed E-state index contributed by atoms with van der Waals surface area (Å²) in [5.74, 6) is 0.107. The summed E-state index contributed by atoms with van der Waals surface area (Å²) in [7, 11) is 2.17. The summed E-state index contributed by atoms with van der Waals surface area (Å²) in [6.07, 6.45) is 5.22.